The molecule has 0 aromatic carbocycles. The Labute approximate surface area is 75.8 Å². The third-order valence-corrected chi connectivity index (χ3v) is 3.49. The van der Waals surface area contributed by atoms with Crippen LogP contribution in [0.5, 0.6) is 0 Å². The average molecular weight is 165 g/mol. The summed E-state index contributed by atoms with van der Waals surface area (Å²) in [4.78, 5) is 0. The molecule has 1 aliphatic rings. The van der Waals surface area contributed by atoms with Crippen LogP contribution >= 0.6 is 0 Å². The number of nitriles is 1. The van der Waals surface area contributed by atoms with Crippen molar-refractivity contribution in [3.63, 3.8) is 0 Å². The van der Waals surface area contributed by atoms with Gasteiger partial charge < -0.3 is 0 Å². The van der Waals surface area contributed by atoms with Crippen molar-refractivity contribution in [1.82, 2.24) is 0 Å². The van der Waals surface area contributed by atoms with Crippen LogP contribution in [0.25, 0.3) is 0 Å². The molecule has 0 unspecified atom stereocenters. The summed E-state index contributed by atoms with van der Waals surface area (Å²) in [6.45, 7) is 6.65. The molecule has 0 radical (unpaired) electrons. The van der Waals surface area contributed by atoms with E-state index in [-0.39, 0.29) is 5.41 Å². The number of nitrogens with zero attached hydrogens (tertiary/aromatic N) is 1. The van der Waals surface area contributed by atoms with E-state index in [2.05, 4.69) is 26.8 Å². The lowest BCUT2D eigenvalue weighted by atomic mass is 9.66. The van der Waals surface area contributed by atoms with Gasteiger partial charge in [0.05, 0.1) is 11.5 Å². The van der Waals surface area contributed by atoms with Crippen LogP contribution in [0.3, 0.4) is 0 Å². The summed E-state index contributed by atoms with van der Waals surface area (Å²) in [6, 6.07) is 2.54. The molecule has 0 aromatic heterocycles. The van der Waals surface area contributed by atoms with Gasteiger partial charge in [-0.1, -0.05) is 20.8 Å². The second-order valence-corrected chi connectivity index (χ2v) is 4.61. The van der Waals surface area contributed by atoms with Crippen LogP contribution < -0.4 is 0 Å². The predicted octanol–water partition coefficient (Wildman–Crippen LogP) is 3.36. The third kappa shape index (κ3) is 1.63. The summed E-state index contributed by atoms with van der Waals surface area (Å²) < 4.78 is 0. The maximum absolute atomic E-state index is 9.15. The minimum absolute atomic E-state index is 0.00646. The molecular weight excluding hydrogens is 146 g/mol. The Morgan fingerprint density at radius 3 is 2.17 bits per heavy atom. The highest BCUT2D eigenvalue weighted by molar-refractivity contribution is 5.02. The van der Waals surface area contributed by atoms with Crippen molar-refractivity contribution in [2.45, 2.75) is 46.5 Å². The van der Waals surface area contributed by atoms with E-state index in [1.807, 2.05) is 0 Å². The van der Waals surface area contributed by atoms with E-state index in [4.69, 9.17) is 5.26 Å². The molecule has 0 saturated heterocycles. The van der Waals surface area contributed by atoms with Gasteiger partial charge in [-0.2, -0.15) is 5.26 Å². The van der Waals surface area contributed by atoms with E-state index >= 15 is 0 Å². The van der Waals surface area contributed by atoms with Gasteiger partial charge in [-0.05, 0) is 37.5 Å². The molecular formula is C11H19N. The van der Waals surface area contributed by atoms with E-state index in [9.17, 15) is 0 Å². The molecule has 1 nitrogen and oxygen atoms in total. The number of rotatable bonds is 1. The lowest BCUT2D eigenvalue weighted by molar-refractivity contribution is 0.159. The molecule has 68 valence electrons. The number of hydrogen-bond acceptors (Lipinski definition) is 1. The molecule has 0 aliphatic heterocycles. The fourth-order valence-corrected chi connectivity index (χ4v) is 2.10. The van der Waals surface area contributed by atoms with Gasteiger partial charge in [-0.25, -0.2) is 0 Å². The molecule has 1 rings (SSSR count). The quantitative estimate of drug-likeness (QED) is 0.584. The first-order chi connectivity index (χ1) is 5.60. The van der Waals surface area contributed by atoms with Crippen molar-refractivity contribution in [3.05, 3.63) is 0 Å². The van der Waals surface area contributed by atoms with Crippen molar-refractivity contribution >= 4 is 0 Å². The first-order valence-corrected chi connectivity index (χ1v) is 5.02. The summed E-state index contributed by atoms with van der Waals surface area (Å²) in [7, 11) is 0. The topological polar surface area (TPSA) is 23.8 Å². The smallest absolute Gasteiger partial charge is 0.0692 e. The maximum atomic E-state index is 9.15. The molecule has 1 aliphatic carbocycles. The maximum Gasteiger partial charge on any atom is 0.0692 e. The van der Waals surface area contributed by atoms with Crippen LogP contribution in [0.1, 0.15) is 46.5 Å². The number of hydrogen-bond donors (Lipinski definition) is 0. The standard InChI is InChI=1S/C11H19N/c1-9(2)11(8-12)6-4-10(3)5-7-11/h9-10H,4-7H2,1-3H3. The van der Waals surface area contributed by atoms with Crippen molar-refractivity contribution in [2.75, 3.05) is 0 Å². The van der Waals surface area contributed by atoms with Crippen LogP contribution in [0.15, 0.2) is 0 Å². The van der Waals surface area contributed by atoms with Crippen LogP contribution in [0, 0.1) is 28.6 Å². The highest BCUT2D eigenvalue weighted by atomic mass is 14.4. The normalized spacial score (nSPS) is 36.4. The fraction of sp³-hybridized carbons (Fsp3) is 0.909. The molecule has 1 fully saturated rings. The van der Waals surface area contributed by atoms with E-state index in [0.717, 1.165) is 18.8 Å². The molecule has 0 aromatic rings. The molecule has 0 heterocycles. The van der Waals surface area contributed by atoms with Crippen LogP contribution in [0.4, 0.5) is 0 Å². The Hall–Kier alpha value is -0.510. The second-order valence-electron chi connectivity index (χ2n) is 4.61. The third-order valence-electron chi connectivity index (χ3n) is 3.49. The monoisotopic (exact) mass is 165 g/mol. The highest BCUT2D eigenvalue weighted by Gasteiger charge is 2.36. The second kappa shape index (κ2) is 3.47. The lowest BCUT2D eigenvalue weighted by Gasteiger charge is -2.36. The average Bonchev–Trinajstić information content (AvgIpc) is 2.06. The van der Waals surface area contributed by atoms with Crippen LogP contribution in [0.2, 0.25) is 0 Å². The molecule has 12 heavy (non-hydrogen) atoms. The molecule has 0 N–H and O–H groups in total. The van der Waals surface area contributed by atoms with Crippen LogP contribution in [-0.2, 0) is 0 Å². The molecule has 1 heteroatoms. The van der Waals surface area contributed by atoms with Gasteiger partial charge in [0.2, 0.25) is 0 Å². The predicted molar refractivity (Wildman–Crippen MR) is 50.5 cm³/mol. The van der Waals surface area contributed by atoms with Gasteiger partial charge >= 0.3 is 0 Å². The van der Waals surface area contributed by atoms with E-state index in [1.54, 1.807) is 0 Å². The summed E-state index contributed by atoms with van der Waals surface area (Å²) in [5.41, 5.74) is 0.00646. The van der Waals surface area contributed by atoms with Crippen molar-refractivity contribution in [1.29, 1.82) is 5.26 Å². The van der Waals surface area contributed by atoms with E-state index in [0.29, 0.717) is 5.92 Å². The van der Waals surface area contributed by atoms with Gasteiger partial charge in [0, 0.05) is 0 Å². The van der Waals surface area contributed by atoms with Gasteiger partial charge in [-0.3, -0.25) is 0 Å². The van der Waals surface area contributed by atoms with Gasteiger partial charge in [0.15, 0.2) is 0 Å². The lowest BCUT2D eigenvalue weighted by Crippen LogP contribution is -2.30. The molecule has 0 bridgehead atoms. The minimum Gasteiger partial charge on any atom is -0.198 e. The Balaban J connectivity index is 2.65. The van der Waals surface area contributed by atoms with Gasteiger partial charge in [-0.15, -0.1) is 0 Å². The Bertz CT molecular complexity index is 180. The summed E-state index contributed by atoms with van der Waals surface area (Å²) in [5.74, 6) is 1.36. The van der Waals surface area contributed by atoms with Crippen molar-refractivity contribution in [2.24, 2.45) is 17.3 Å². The summed E-state index contributed by atoms with van der Waals surface area (Å²) in [5, 5.41) is 9.15. The highest BCUT2D eigenvalue weighted by Crippen LogP contribution is 2.43. The van der Waals surface area contributed by atoms with E-state index in [1.165, 1.54) is 12.8 Å². The minimum atomic E-state index is 0.00646. The molecule has 0 spiro atoms. The zero-order valence-electron chi connectivity index (χ0n) is 8.43. The molecule has 0 atom stereocenters. The van der Waals surface area contributed by atoms with Crippen LogP contribution in [-0.4, -0.2) is 0 Å². The molecule has 0 amide bonds. The Morgan fingerprint density at radius 1 is 1.33 bits per heavy atom. The zero-order valence-corrected chi connectivity index (χ0v) is 8.43. The fourth-order valence-electron chi connectivity index (χ4n) is 2.10. The summed E-state index contributed by atoms with van der Waals surface area (Å²) in [6.07, 6.45) is 4.71. The molecule has 1 saturated carbocycles. The van der Waals surface area contributed by atoms with Crippen molar-refractivity contribution < 1.29 is 0 Å². The SMILES string of the molecule is CC1CCC(C#N)(C(C)C)CC1. The largest absolute Gasteiger partial charge is 0.198 e. The first kappa shape index (κ1) is 9.58. The van der Waals surface area contributed by atoms with Gasteiger partial charge in [0.25, 0.3) is 0 Å². The Morgan fingerprint density at radius 2 is 1.83 bits per heavy atom. The summed E-state index contributed by atoms with van der Waals surface area (Å²) >= 11 is 0. The van der Waals surface area contributed by atoms with E-state index < -0.39 is 0 Å². The first-order valence-electron chi connectivity index (χ1n) is 5.02. The van der Waals surface area contributed by atoms with Gasteiger partial charge in [0.1, 0.15) is 0 Å². The van der Waals surface area contributed by atoms with Crippen molar-refractivity contribution in [3.8, 4) is 6.07 Å². The zero-order chi connectivity index (χ0) is 9.19. The Kier molecular flexibility index (Phi) is 2.77.